The van der Waals surface area contributed by atoms with Crippen molar-refractivity contribution in [3.8, 4) is 6.07 Å². The average molecular weight is 710 g/mol. The Labute approximate surface area is 260 Å². The number of nitriles is 1. The lowest BCUT2D eigenvalue weighted by molar-refractivity contribution is -0.206. The zero-order valence-corrected chi connectivity index (χ0v) is 28.6. The molecule has 1 aliphatic rings. The van der Waals surface area contributed by atoms with Gasteiger partial charge >= 0.3 is 5.69 Å². The molecule has 234 valence electrons. The van der Waals surface area contributed by atoms with Gasteiger partial charge in [-0.15, -0.1) is 0 Å². The highest BCUT2D eigenvalue weighted by molar-refractivity contribution is 14.1. The standard InChI is InChI=1S/C28H49IN5O6P/c1-7-8-9-10-11-12-15-32-18-25(33-17-24(6)26(35)31-27(33)36)40-28(19-32,20-37-29)21-39-41(38-16-13-14-30)34(22(2)3)23(4)5/h17,22-23,25H,7-13,15-16,18-21H2,1-6H3,(H,31,35,36)/t25-,28+,41?/m1/s1. The molecule has 13 heteroatoms. The summed E-state index contributed by atoms with van der Waals surface area (Å²) < 4.78 is 28.6. The fourth-order valence-corrected chi connectivity index (χ4v) is 7.33. The number of hydrogen-bond acceptors (Lipinski definition) is 9. The molecule has 1 saturated heterocycles. The van der Waals surface area contributed by atoms with Crippen LogP contribution < -0.4 is 11.2 Å². The van der Waals surface area contributed by atoms with E-state index in [1.807, 2.05) is 23.0 Å². The molecule has 0 aromatic carbocycles. The fraction of sp³-hybridized carbons (Fsp3) is 0.821. The number of morpholine rings is 1. The molecule has 1 unspecified atom stereocenters. The van der Waals surface area contributed by atoms with Gasteiger partial charge in [0, 0.05) is 36.9 Å². The number of unbranched alkanes of at least 4 members (excludes halogenated alkanes) is 5. The molecule has 1 fully saturated rings. The molecule has 1 aromatic heterocycles. The summed E-state index contributed by atoms with van der Waals surface area (Å²) in [6.45, 7) is 14.9. The summed E-state index contributed by atoms with van der Waals surface area (Å²) in [6, 6.07) is 2.45. The molecular weight excluding hydrogens is 660 g/mol. The van der Waals surface area contributed by atoms with Gasteiger partial charge in [0.2, 0.25) is 0 Å². The number of aromatic amines is 1. The second-order valence-electron chi connectivity index (χ2n) is 11.3. The first kappa shape index (κ1) is 36.3. The quantitative estimate of drug-likeness (QED) is 0.114. The lowest BCUT2D eigenvalue weighted by Gasteiger charge is -2.46. The van der Waals surface area contributed by atoms with Gasteiger partial charge in [-0.1, -0.05) is 39.0 Å². The number of aromatic nitrogens is 2. The van der Waals surface area contributed by atoms with E-state index in [-0.39, 0.29) is 38.3 Å². The van der Waals surface area contributed by atoms with E-state index in [0.29, 0.717) is 18.7 Å². The highest BCUT2D eigenvalue weighted by Gasteiger charge is 2.44. The van der Waals surface area contributed by atoms with Gasteiger partial charge in [-0.3, -0.25) is 19.2 Å². The Morgan fingerprint density at radius 1 is 1.17 bits per heavy atom. The van der Waals surface area contributed by atoms with E-state index < -0.39 is 31.6 Å². The SMILES string of the molecule is CCCCCCCCN1C[C@H](n2cc(C)c(=O)[nH]c2=O)O[C@@](COI)(COP(OCCC#N)N(C(C)C)C(C)C)C1. The van der Waals surface area contributed by atoms with Crippen molar-refractivity contribution in [2.45, 2.75) is 110 Å². The molecule has 1 aromatic rings. The smallest absolute Gasteiger partial charge is 0.330 e. The Morgan fingerprint density at radius 2 is 1.85 bits per heavy atom. The third-order valence-electron chi connectivity index (χ3n) is 7.01. The summed E-state index contributed by atoms with van der Waals surface area (Å²) in [5, 5.41) is 9.07. The van der Waals surface area contributed by atoms with Crippen LogP contribution in [-0.2, 0) is 16.9 Å². The van der Waals surface area contributed by atoms with Gasteiger partial charge in [-0.2, -0.15) is 5.26 Å². The van der Waals surface area contributed by atoms with Crippen molar-refractivity contribution < 1.29 is 16.9 Å². The van der Waals surface area contributed by atoms with Gasteiger partial charge in [0.25, 0.3) is 14.1 Å². The molecule has 2 heterocycles. The largest absolute Gasteiger partial charge is 0.344 e. The second kappa shape index (κ2) is 18.7. The topological polar surface area (TPSA) is 122 Å². The van der Waals surface area contributed by atoms with E-state index in [1.54, 1.807) is 13.1 Å². The summed E-state index contributed by atoms with van der Waals surface area (Å²) in [7, 11) is -1.49. The van der Waals surface area contributed by atoms with Crippen molar-refractivity contribution in [1.29, 1.82) is 5.26 Å². The molecule has 2 rings (SSSR count). The maximum Gasteiger partial charge on any atom is 0.330 e. The predicted octanol–water partition coefficient (Wildman–Crippen LogP) is 5.43. The van der Waals surface area contributed by atoms with E-state index in [4.69, 9.17) is 22.1 Å². The lowest BCUT2D eigenvalue weighted by atomic mass is 10.0. The Hall–Kier alpha value is -0.910. The molecule has 0 spiro atoms. The molecule has 0 amide bonds. The Kier molecular flexibility index (Phi) is 16.5. The van der Waals surface area contributed by atoms with Crippen molar-refractivity contribution in [3.63, 3.8) is 0 Å². The minimum Gasteiger partial charge on any atom is -0.344 e. The fourth-order valence-electron chi connectivity index (χ4n) is 5.07. The molecule has 0 bridgehead atoms. The number of rotatable bonds is 19. The zero-order chi connectivity index (χ0) is 30.4. The highest BCUT2D eigenvalue weighted by Crippen LogP contribution is 2.47. The number of aryl methyl sites for hydroxylation is 1. The van der Waals surface area contributed by atoms with Crippen LogP contribution in [0.4, 0.5) is 0 Å². The second-order valence-corrected chi connectivity index (χ2v) is 13.4. The molecule has 0 radical (unpaired) electrons. The van der Waals surface area contributed by atoms with Gasteiger partial charge in [0.05, 0.1) is 32.3 Å². The highest BCUT2D eigenvalue weighted by atomic mass is 127. The van der Waals surface area contributed by atoms with Gasteiger partial charge in [-0.25, -0.2) is 9.46 Å². The summed E-state index contributed by atoms with van der Waals surface area (Å²) in [5.74, 6) is 0. The maximum atomic E-state index is 12.9. The first-order valence-electron chi connectivity index (χ1n) is 14.7. The molecule has 0 aliphatic carbocycles. The number of H-pyrrole nitrogens is 1. The van der Waals surface area contributed by atoms with Crippen LogP contribution >= 0.6 is 31.5 Å². The van der Waals surface area contributed by atoms with Crippen LogP contribution in [0.5, 0.6) is 0 Å². The summed E-state index contributed by atoms with van der Waals surface area (Å²) in [4.78, 5) is 29.7. The van der Waals surface area contributed by atoms with Crippen molar-refractivity contribution in [1.82, 2.24) is 19.1 Å². The summed E-state index contributed by atoms with van der Waals surface area (Å²) >= 11 is 1.87. The number of halogens is 1. The van der Waals surface area contributed by atoms with Crippen molar-refractivity contribution in [2.24, 2.45) is 0 Å². The molecule has 3 atom stereocenters. The Morgan fingerprint density at radius 3 is 2.49 bits per heavy atom. The summed E-state index contributed by atoms with van der Waals surface area (Å²) in [5.41, 5.74) is -1.37. The molecule has 1 N–H and O–H groups in total. The Balaban J connectivity index is 2.35. The van der Waals surface area contributed by atoms with E-state index >= 15 is 0 Å². The number of ether oxygens (including phenoxy) is 1. The van der Waals surface area contributed by atoms with Gasteiger partial charge < -0.3 is 16.9 Å². The van der Waals surface area contributed by atoms with E-state index in [1.165, 1.54) is 30.3 Å². The zero-order valence-electron chi connectivity index (χ0n) is 25.6. The third-order valence-corrected chi connectivity index (χ3v) is 9.38. The van der Waals surface area contributed by atoms with Crippen LogP contribution in [0.15, 0.2) is 15.8 Å². The number of nitrogens with one attached hydrogen (secondary N) is 1. The average Bonchev–Trinajstić information content (AvgIpc) is 2.91. The maximum absolute atomic E-state index is 12.9. The first-order chi connectivity index (χ1) is 19.6. The minimum atomic E-state index is -1.49. The van der Waals surface area contributed by atoms with E-state index in [2.05, 4.69) is 55.2 Å². The van der Waals surface area contributed by atoms with Crippen molar-refractivity contribution >= 4 is 31.5 Å². The molecule has 11 nitrogen and oxygen atoms in total. The lowest BCUT2D eigenvalue weighted by Crippen LogP contribution is -2.59. The molecule has 1 aliphatic heterocycles. The van der Waals surface area contributed by atoms with Crippen molar-refractivity contribution in [2.75, 3.05) is 39.5 Å². The number of hydrogen-bond donors (Lipinski definition) is 1. The normalized spacial score (nSPS) is 20.7. The first-order valence-corrected chi connectivity index (χ1v) is 16.8. The van der Waals surface area contributed by atoms with Crippen LogP contribution in [0, 0.1) is 18.3 Å². The molecule has 41 heavy (non-hydrogen) atoms. The predicted molar refractivity (Wildman–Crippen MR) is 170 cm³/mol. The summed E-state index contributed by atoms with van der Waals surface area (Å²) in [6.07, 6.45) is 8.29. The van der Waals surface area contributed by atoms with Crippen LogP contribution in [0.1, 0.15) is 91.4 Å². The van der Waals surface area contributed by atoms with Gasteiger partial charge in [0.15, 0.2) is 6.23 Å². The van der Waals surface area contributed by atoms with Crippen LogP contribution in [0.25, 0.3) is 0 Å². The minimum absolute atomic E-state index is 0.159. The molecular formula is C28H49IN5O6P. The van der Waals surface area contributed by atoms with Crippen LogP contribution in [0.2, 0.25) is 0 Å². The van der Waals surface area contributed by atoms with E-state index in [9.17, 15) is 9.59 Å². The third kappa shape index (κ3) is 11.6. The van der Waals surface area contributed by atoms with Crippen LogP contribution in [0.3, 0.4) is 0 Å². The van der Waals surface area contributed by atoms with Crippen molar-refractivity contribution in [3.05, 3.63) is 32.6 Å². The molecule has 0 saturated carbocycles. The van der Waals surface area contributed by atoms with Gasteiger partial charge in [-0.05, 0) is 47.6 Å². The monoisotopic (exact) mass is 709 g/mol. The number of nitrogens with zero attached hydrogens (tertiary/aromatic N) is 4. The van der Waals surface area contributed by atoms with E-state index in [0.717, 1.165) is 19.4 Å². The van der Waals surface area contributed by atoms with Crippen LogP contribution in [-0.4, -0.2) is 76.3 Å². The van der Waals surface area contributed by atoms with Gasteiger partial charge in [0.1, 0.15) is 28.6 Å². The Bertz CT molecular complexity index is 1060.